The molecule has 114 valence electrons. The molecule has 0 amide bonds. The first-order chi connectivity index (χ1) is 10.00. The second kappa shape index (κ2) is 7.28. The van der Waals surface area contributed by atoms with Crippen molar-refractivity contribution in [3.63, 3.8) is 0 Å². The Morgan fingerprint density at radius 2 is 1.76 bits per heavy atom. The Morgan fingerprint density at radius 1 is 1.05 bits per heavy atom. The predicted octanol–water partition coefficient (Wildman–Crippen LogP) is 5.14. The van der Waals surface area contributed by atoms with Gasteiger partial charge in [-0.15, -0.1) is 0 Å². The molecule has 2 aromatic carbocycles. The van der Waals surface area contributed by atoms with Gasteiger partial charge in [0.05, 0.1) is 6.61 Å². The van der Waals surface area contributed by atoms with Crippen LogP contribution in [0.1, 0.15) is 33.1 Å². The standard InChI is InChI=1S/C18H24BrNO/c1-18(2,13-20)9-3-4-10-21-17-8-6-14-11-16(19)7-5-15(14)12-17/h5-8,11-12H,3-4,9-10,13,20H2,1-2H3. The summed E-state index contributed by atoms with van der Waals surface area (Å²) in [5.41, 5.74) is 5.99. The molecule has 2 nitrogen and oxygen atoms in total. The molecule has 0 saturated heterocycles. The highest BCUT2D eigenvalue weighted by Crippen LogP contribution is 2.25. The average molecular weight is 350 g/mol. The summed E-state index contributed by atoms with van der Waals surface area (Å²) in [7, 11) is 0. The molecule has 2 rings (SSSR count). The molecule has 3 heteroatoms. The molecule has 0 aliphatic rings. The van der Waals surface area contributed by atoms with Crippen LogP contribution in [-0.2, 0) is 0 Å². The Hall–Kier alpha value is -1.06. The summed E-state index contributed by atoms with van der Waals surface area (Å²) in [5, 5.41) is 2.43. The largest absolute Gasteiger partial charge is 0.494 e. The van der Waals surface area contributed by atoms with Crippen molar-refractivity contribution < 1.29 is 4.74 Å². The number of ether oxygens (including phenoxy) is 1. The van der Waals surface area contributed by atoms with E-state index in [1.165, 1.54) is 10.8 Å². The summed E-state index contributed by atoms with van der Waals surface area (Å²) >= 11 is 3.49. The van der Waals surface area contributed by atoms with Gasteiger partial charge < -0.3 is 10.5 Å². The molecule has 0 aromatic heterocycles. The Labute approximate surface area is 135 Å². The third kappa shape index (κ3) is 5.01. The molecule has 0 atom stereocenters. The molecular formula is C18H24BrNO. The zero-order valence-corrected chi connectivity index (χ0v) is 14.4. The number of hydrogen-bond donors (Lipinski definition) is 1. The van der Waals surface area contributed by atoms with Crippen molar-refractivity contribution in [1.82, 2.24) is 0 Å². The van der Waals surface area contributed by atoms with Crippen LogP contribution in [0.5, 0.6) is 5.75 Å². The first-order valence-electron chi connectivity index (χ1n) is 7.52. The van der Waals surface area contributed by atoms with E-state index in [0.717, 1.165) is 42.6 Å². The molecule has 0 radical (unpaired) electrons. The fraction of sp³-hybridized carbons (Fsp3) is 0.444. The van der Waals surface area contributed by atoms with Crippen molar-refractivity contribution in [3.8, 4) is 5.75 Å². The van der Waals surface area contributed by atoms with Crippen LogP contribution < -0.4 is 10.5 Å². The topological polar surface area (TPSA) is 35.2 Å². The van der Waals surface area contributed by atoms with Crippen molar-refractivity contribution >= 4 is 26.7 Å². The molecule has 2 N–H and O–H groups in total. The van der Waals surface area contributed by atoms with Gasteiger partial charge in [0.2, 0.25) is 0 Å². The number of fused-ring (bicyclic) bond motifs is 1. The van der Waals surface area contributed by atoms with Gasteiger partial charge in [-0.05, 0) is 66.3 Å². The lowest BCUT2D eigenvalue weighted by Crippen LogP contribution is -2.23. The van der Waals surface area contributed by atoms with Gasteiger partial charge in [0.25, 0.3) is 0 Å². The highest BCUT2D eigenvalue weighted by molar-refractivity contribution is 9.10. The van der Waals surface area contributed by atoms with Crippen LogP contribution in [0, 0.1) is 5.41 Å². The van der Waals surface area contributed by atoms with Gasteiger partial charge in [-0.2, -0.15) is 0 Å². The highest BCUT2D eigenvalue weighted by atomic mass is 79.9. The summed E-state index contributed by atoms with van der Waals surface area (Å²) in [4.78, 5) is 0. The fourth-order valence-electron chi connectivity index (χ4n) is 2.28. The summed E-state index contributed by atoms with van der Waals surface area (Å²) < 4.78 is 6.95. The van der Waals surface area contributed by atoms with Gasteiger partial charge in [0.15, 0.2) is 0 Å². The third-order valence-electron chi connectivity index (χ3n) is 3.84. The zero-order valence-electron chi connectivity index (χ0n) is 12.9. The fourth-order valence-corrected chi connectivity index (χ4v) is 2.66. The van der Waals surface area contributed by atoms with Crippen LogP contribution in [0.4, 0.5) is 0 Å². The summed E-state index contributed by atoms with van der Waals surface area (Å²) in [6.07, 6.45) is 3.38. The smallest absolute Gasteiger partial charge is 0.119 e. The van der Waals surface area contributed by atoms with Gasteiger partial charge in [-0.25, -0.2) is 0 Å². The number of unbranched alkanes of at least 4 members (excludes halogenated alkanes) is 1. The van der Waals surface area contributed by atoms with Crippen molar-refractivity contribution in [3.05, 3.63) is 40.9 Å². The summed E-state index contributed by atoms with van der Waals surface area (Å²) in [5.74, 6) is 0.947. The lowest BCUT2D eigenvalue weighted by Gasteiger charge is -2.21. The van der Waals surface area contributed by atoms with E-state index < -0.39 is 0 Å². The van der Waals surface area contributed by atoms with Gasteiger partial charge in [0, 0.05) is 4.47 Å². The Kier molecular flexibility index (Phi) is 5.65. The van der Waals surface area contributed by atoms with Gasteiger partial charge in [-0.1, -0.05) is 41.9 Å². The minimum absolute atomic E-state index is 0.246. The number of halogens is 1. The van der Waals surface area contributed by atoms with Crippen molar-refractivity contribution in [2.24, 2.45) is 11.1 Å². The number of benzene rings is 2. The first-order valence-corrected chi connectivity index (χ1v) is 8.32. The van der Waals surface area contributed by atoms with Crippen LogP contribution in [0.3, 0.4) is 0 Å². The highest BCUT2D eigenvalue weighted by Gasteiger charge is 2.14. The quantitative estimate of drug-likeness (QED) is 0.702. The molecule has 0 aliphatic carbocycles. The van der Waals surface area contributed by atoms with E-state index in [-0.39, 0.29) is 5.41 Å². The molecular weight excluding hydrogens is 326 g/mol. The van der Waals surface area contributed by atoms with Crippen molar-refractivity contribution in [2.45, 2.75) is 33.1 Å². The Bertz CT molecular complexity index is 595. The Balaban J connectivity index is 1.82. The van der Waals surface area contributed by atoms with E-state index in [4.69, 9.17) is 10.5 Å². The molecule has 21 heavy (non-hydrogen) atoms. The minimum Gasteiger partial charge on any atom is -0.494 e. The lowest BCUT2D eigenvalue weighted by molar-refractivity contribution is 0.279. The van der Waals surface area contributed by atoms with Gasteiger partial charge in [-0.3, -0.25) is 0 Å². The minimum atomic E-state index is 0.246. The molecule has 0 saturated carbocycles. The molecule has 0 unspecified atom stereocenters. The normalized spacial score (nSPS) is 11.8. The van der Waals surface area contributed by atoms with Crippen molar-refractivity contribution in [2.75, 3.05) is 13.2 Å². The maximum absolute atomic E-state index is 5.85. The average Bonchev–Trinajstić information content (AvgIpc) is 2.47. The summed E-state index contributed by atoms with van der Waals surface area (Å²) in [6, 6.07) is 12.5. The second-order valence-corrected chi connectivity index (χ2v) is 7.24. The maximum Gasteiger partial charge on any atom is 0.119 e. The number of rotatable bonds is 7. The monoisotopic (exact) mass is 349 g/mol. The van der Waals surface area contributed by atoms with Crippen LogP contribution in [-0.4, -0.2) is 13.2 Å². The van der Waals surface area contributed by atoms with Crippen LogP contribution in [0.2, 0.25) is 0 Å². The molecule has 0 aliphatic heterocycles. The van der Waals surface area contributed by atoms with E-state index in [2.05, 4.69) is 60.1 Å². The van der Waals surface area contributed by atoms with E-state index in [1.54, 1.807) is 0 Å². The van der Waals surface area contributed by atoms with E-state index in [9.17, 15) is 0 Å². The van der Waals surface area contributed by atoms with Crippen LogP contribution in [0.25, 0.3) is 10.8 Å². The zero-order chi connectivity index (χ0) is 15.3. The van der Waals surface area contributed by atoms with E-state index in [0.29, 0.717) is 0 Å². The van der Waals surface area contributed by atoms with E-state index >= 15 is 0 Å². The SMILES string of the molecule is CC(C)(CN)CCCCOc1ccc2cc(Br)ccc2c1. The van der Waals surface area contributed by atoms with Crippen LogP contribution >= 0.6 is 15.9 Å². The second-order valence-electron chi connectivity index (χ2n) is 6.33. The first kappa shape index (κ1) is 16.3. The van der Waals surface area contributed by atoms with Gasteiger partial charge >= 0.3 is 0 Å². The molecule has 0 spiro atoms. The summed E-state index contributed by atoms with van der Waals surface area (Å²) in [6.45, 7) is 5.95. The van der Waals surface area contributed by atoms with Crippen LogP contribution in [0.15, 0.2) is 40.9 Å². The molecule has 2 aromatic rings. The predicted molar refractivity (Wildman–Crippen MR) is 93.8 cm³/mol. The Morgan fingerprint density at radius 3 is 2.52 bits per heavy atom. The van der Waals surface area contributed by atoms with E-state index in [1.807, 2.05) is 6.07 Å². The van der Waals surface area contributed by atoms with Crippen molar-refractivity contribution in [1.29, 1.82) is 0 Å². The molecule has 0 heterocycles. The third-order valence-corrected chi connectivity index (χ3v) is 4.34. The lowest BCUT2D eigenvalue weighted by atomic mass is 9.87. The maximum atomic E-state index is 5.85. The van der Waals surface area contributed by atoms with Gasteiger partial charge in [0.1, 0.15) is 5.75 Å². The number of nitrogens with two attached hydrogens (primary N) is 1. The molecule has 0 bridgehead atoms. The molecule has 0 fully saturated rings. The number of hydrogen-bond acceptors (Lipinski definition) is 2.